The van der Waals surface area contributed by atoms with Gasteiger partial charge < -0.3 is 26.8 Å². The normalized spacial score (nSPS) is 15.8. The van der Waals surface area contributed by atoms with Gasteiger partial charge in [-0.1, -0.05) is 0 Å². The summed E-state index contributed by atoms with van der Waals surface area (Å²) in [5.74, 6) is -1.21. The number of nitrogens with one attached hydrogen (secondary N) is 2. The maximum Gasteiger partial charge on any atom is 0.343 e. The molecule has 110 valence electrons. The summed E-state index contributed by atoms with van der Waals surface area (Å²) >= 11 is 1.10. The van der Waals surface area contributed by atoms with Crippen LogP contribution in [0.15, 0.2) is 0 Å². The molecular weight excluding hydrogens is 280 g/mol. The molecule has 0 radical (unpaired) electrons. The van der Waals surface area contributed by atoms with E-state index in [-0.39, 0.29) is 22.2 Å². The number of nitrogen functional groups attached to an aromatic ring is 1. The number of hydrogen-bond acceptors (Lipinski definition) is 7. The third-order valence-corrected chi connectivity index (χ3v) is 4.38. The predicted molar refractivity (Wildman–Crippen MR) is 78.1 cm³/mol. The first-order valence-corrected chi connectivity index (χ1v) is 7.13. The smallest absolute Gasteiger partial charge is 0.343 e. The number of thiophene rings is 1. The van der Waals surface area contributed by atoms with Gasteiger partial charge in [-0.2, -0.15) is 0 Å². The Morgan fingerprint density at radius 1 is 1.40 bits per heavy atom. The highest BCUT2D eigenvalue weighted by Gasteiger charge is 2.26. The van der Waals surface area contributed by atoms with Crippen LogP contribution in [0.1, 0.15) is 32.9 Å². The first kappa shape index (κ1) is 14.6. The third kappa shape index (κ3) is 2.86. The topological polar surface area (TPSA) is 119 Å². The molecule has 20 heavy (non-hydrogen) atoms. The first-order valence-electron chi connectivity index (χ1n) is 6.32. The van der Waals surface area contributed by atoms with E-state index >= 15 is 0 Å². The number of carbonyl (C=O) groups is 2. The molecule has 0 bridgehead atoms. The number of rotatable bonds is 4. The van der Waals surface area contributed by atoms with Gasteiger partial charge in [0.15, 0.2) is 0 Å². The molecular formula is C12H18N4O3S. The quantitative estimate of drug-likeness (QED) is 0.597. The van der Waals surface area contributed by atoms with Crippen LogP contribution >= 0.6 is 11.3 Å². The second-order valence-electron chi connectivity index (χ2n) is 4.57. The summed E-state index contributed by atoms with van der Waals surface area (Å²) < 4.78 is 4.72. The van der Waals surface area contributed by atoms with Crippen LogP contribution in [-0.4, -0.2) is 38.1 Å². The lowest BCUT2D eigenvalue weighted by atomic mass is 10.1. The summed E-state index contributed by atoms with van der Waals surface area (Å²) in [6.45, 7) is 1.82. The van der Waals surface area contributed by atoms with E-state index in [0.29, 0.717) is 5.00 Å². The molecule has 2 heterocycles. The van der Waals surface area contributed by atoms with Crippen LogP contribution in [0, 0.1) is 0 Å². The van der Waals surface area contributed by atoms with Crippen molar-refractivity contribution in [3.63, 3.8) is 0 Å². The molecule has 0 aliphatic carbocycles. The van der Waals surface area contributed by atoms with E-state index in [1.54, 1.807) is 0 Å². The van der Waals surface area contributed by atoms with Gasteiger partial charge >= 0.3 is 5.97 Å². The van der Waals surface area contributed by atoms with Crippen molar-refractivity contribution < 1.29 is 14.3 Å². The largest absolute Gasteiger partial charge is 0.465 e. The van der Waals surface area contributed by atoms with E-state index < -0.39 is 11.9 Å². The number of piperidine rings is 1. The van der Waals surface area contributed by atoms with Crippen molar-refractivity contribution in [1.29, 1.82) is 0 Å². The Morgan fingerprint density at radius 3 is 2.60 bits per heavy atom. The number of methoxy groups -OCH3 is 1. The molecule has 1 saturated heterocycles. The highest BCUT2D eigenvalue weighted by atomic mass is 32.1. The van der Waals surface area contributed by atoms with Crippen molar-refractivity contribution in [2.24, 2.45) is 5.73 Å². The van der Waals surface area contributed by atoms with Crippen molar-refractivity contribution in [2.75, 3.05) is 31.2 Å². The van der Waals surface area contributed by atoms with E-state index in [2.05, 4.69) is 10.6 Å². The van der Waals surface area contributed by atoms with Crippen molar-refractivity contribution in [1.82, 2.24) is 5.32 Å². The molecule has 0 atom stereocenters. The lowest BCUT2D eigenvalue weighted by molar-refractivity contribution is 0.0603. The maximum atomic E-state index is 11.8. The van der Waals surface area contributed by atoms with Crippen LogP contribution in [-0.2, 0) is 4.74 Å². The van der Waals surface area contributed by atoms with E-state index in [4.69, 9.17) is 16.2 Å². The molecule has 6 N–H and O–H groups in total. The van der Waals surface area contributed by atoms with Crippen molar-refractivity contribution in [3.05, 3.63) is 10.4 Å². The second-order valence-corrected chi connectivity index (χ2v) is 5.59. The zero-order valence-corrected chi connectivity index (χ0v) is 12.0. The average molecular weight is 298 g/mol. The van der Waals surface area contributed by atoms with E-state index in [1.165, 1.54) is 7.11 Å². The standard InChI is InChI=1S/C12H18N4O3S/c1-19-12(18)7-8(13)9(10(14)17)20-11(7)16-6-2-4-15-5-3-6/h6,15-16H,2-5,13H2,1H3,(H2,14,17). The van der Waals surface area contributed by atoms with Crippen LogP contribution in [0.25, 0.3) is 0 Å². The minimum atomic E-state index is -0.643. The number of ether oxygens (including phenoxy) is 1. The van der Waals surface area contributed by atoms with Gasteiger partial charge in [0.1, 0.15) is 15.4 Å². The molecule has 7 nitrogen and oxygen atoms in total. The molecule has 1 fully saturated rings. The van der Waals surface area contributed by atoms with Crippen molar-refractivity contribution in [3.8, 4) is 0 Å². The van der Waals surface area contributed by atoms with Crippen LogP contribution in [0.2, 0.25) is 0 Å². The first-order chi connectivity index (χ1) is 9.54. The Balaban J connectivity index is 2.32. The fraction of sp³-hybridized carbons (Fsp3) is 0.500. The van der Waals surface area contributed by atoms with Crippen LogP contribution in [0.3, 0.4) is 0 Å². The highest BCUT2D eigenvalue weighted by molar-refractivity contribution is 7.19. The zero-order chi connectivity index (χ0) is 14.7. The number of esters is 1. The fourth-order valence-corrected chi connectivity index (χ4v) is 3.22. The van der Waals surface area contributed by atoms with Gasteiger partial charge in [-0.3, -0.25) is 4.79 Å². The molecule has 1 aromatic rings. The summed E-state index contributed by atoms with van der Waals surface area (Å²) in [5.41, 5.74) is 11.4. The average Bonchev–Trinajstić information content (AvgIpc) is 2.76. The van der Waals surface area contributed by atoms with Gasteiger partial charge in [-0.05, 0) is 25.9 Å². The maximum absolute atomic E-state index is 11.8. The predicted octanol–water partition coefficient (Wildman–Crippen LogP) is 0.380. The summed E-state index contributed by atoms with van der Waals surface area (Å²) in [5, 5.41) is 7.08. The second kappa shape index (κ2) is 6.10. The summed E-state index contributed by atoms with van der Waals surface area (Å²) in [6.07, 6.45) is 1.87. The van der Waals surface area contributed by atoms with Gasteiger partial charge in [0, 0.05) is 6.04 Å². The number of primary amides is 1. The minimum Gasteiger partial charge on any atom is -0.465 e. The lowest BCUT2D eigenvalue weighted by Crippen LogP contribution is -2.35. The molecule has 0 aromatic carbocycles. The molecule has 0 saturated carbocycles. The fourth-order valence-electron chi connectivity index (χ4n) is 2.18. The number of nitrogens with two attached hydrogens (primary N) is 2. The Kier molecular flexibility index (Phi) is 4.46. The zero-order valence-electron chi connectivity index (χ0n) is 11.2. The Labute approximate surface area is 120 Å². The van der Waals surface area contributed by atoms with Gasteiger partial charge in [0.25, 0.3) is 5.91 Å². The third-order valence-electron chi connectivity index (χ3n) is 3.23. The lowest BCUT2D eigenvalue weighted by Gasteiger charge is -2.24. The van der Waals surface area contributed by atoms with Gasteiger partial charge in [-0.25, -0.2) is 4.79 Å². The Bertz CT molecular complexity index is 523. The molecule has 1 amide bonds. The summed E-state index contributed by atoms with van der Waals surface area (Å²) in [4.78, 5) is 23.4. The van der Waals surface area contributed by atoms with Crippen LogP contribution in [0.4, 0.5) is 10.7 Å². The SMILES string of the molecule is COC(=O)c1c(NC2CCNCC2)sc(C(N)=O)c1N. The Morgan fingerprint density at radius 2 is 2.05 bits per heavy atom. The monoisotopic (exact) mass is 298 g/mol. The van der Waals surface area contributed by atoms with Gasteiger partial charge in [0.05, 0.1) is 12.8 Å². The Hall–Kier alpha value is -1.80. The number of amides is 1. The van der Waals surface area contributed by atoms with Crippen molar-refractivity contribution in [2.45, 2.75) is 18.9 Å². The van der Waals surface area contributed by atoms with Crippen molar-refractivity contribution >= 4 is 33.9 Å². The minimum absolute atomic E-state index is 0.0887. The van der Waals surface area contributed by atoms with Crippen LogP contribution in [0.5, 0.6) is 0 Å². The van der Waals surface area contributed by atoms with Gasteiger partial charge in [-0.15, -0.1) is 11.3 Å². The molecule has 0 unspecified atom stereocenters. The number of hydrogen-bond donors (Lipinski definition) is 4. The molecule has 2 rings (SSSR count). The number of anilines is 2. The molecule has 0 spiro atoms. The molecule has 1 aromatic heterocycles. The summed E-state index contributed by atoms with van der Waals surface area (Å²) in [6, 6.07) is 0.235. The highest BCUT2D eigenvalue weighted by Crippen LogP contribution is 2.36. The molecule has 1 aliphatic rings. The van der Waals surface area contributed by atoms with Crippen LogP contribution < -0.4 is 22.1 Å². The molecule has 8 heteroatoms. The number of carbonyl (C=O) groups excluding carboxylic acids is 2. The summed E-state index contributed by atoms with van der Waals surface area (Å²) in [7, 11) is 1.28. The van der Waals surface area contributed by atoms with E-state index in [9.17, 15) is 9.59 Å². The molecule has 1 aliphatic heterocycles. The van der Waals surface area contributed by atoms with E-state index in [1.807, 2.05) is 0 Å². The van der Waals surface area contributed by atoms with E-state index in [0.717, 1.165) is 37.3 Å². The van der Waals surface area contributed by atoms with Gasteiger partial charge in [0.2, 0.25) is 0 Å².